The van der Waals surface area contributed by atoms with E-state index < -0.39 is 0 Å². The fourth-order valence-corrected chi connectivity index (χ4v) is 3.40. The molecule has 0 radical (unpaired) electrons. The van der Waals surface area contributed by atoms with E-state index in [9.17, 15) is 4.39 Å². The van der Waals surface area contributed by atoms with Crippen molar-refractivity contribution in [3.63, 3.8) is 0 Å². The Labute approximate surface area is 122 Å². The van der Waals surface area contributed by atoms with Crippen LogP contribution in [0.5, 0.6) is 0 Å². The van der Waals surface area contributed by atoms with Crippen LogP contribution in [0.25, 0.3) is 0 Å². The average Bonchev–Trinajstić information content (AvgIpc) is 2.46. The van der Waals surface area contributed by atoms with E-state index in [-0.39, 0.29) is 11.2 Å². The van der Waals surface area contributed by atoms with Gasteiger partial charge in [-0.3, -0.25) is 0 Å². The SMILES string of the molecule is CCC(CBr)(Cc1cccc(F)c1)c1ccccc1. The van der Waals surface area contributed by atoms with Crippen LogP contribution in [-0.2, 0) is 11.8 Å². The molecule has 0 aromatic heterocycles. The largest absolute Gasteiger partial charge is 0.207 e. The first-order chi connectivity index (χ1) is 9.20. The van der Waals surface area contributed by atoms with Crippen LogP contribution in [0, 0.1) is 5.82 Å². The zero-order valence-corrected chi connectivity index (χ0v) is 12.7. The Bertz CT molecular complexity index is 518. The topological polar surface area (TPSA) is 0 Å². The second kappa shape index (κ2) is 6.33. The molecule has 1 atom stereocenters. The van der Waals surface area contributed by atoms with Gasteiger partial charge in [0.1, 0.15) is 5.82 Å². The van der Waals surface area contributed by atoms with E-state index in [4.69, 9.17) is 0 Å². The Kier molecular flexibility index (Phi) is 4.76. The molecule has 0 nitrogen and oxygen atoms in total. The zero-order valence-electron chi connectivity index (χ0n) is 11.1. The summed E-state index contributed by atoms with van der Waals surface area (Å²) < 4.78 is 13.3. The Balaban J connectivity index is 2.35. The molecular weight excluding hydrogens is 303 g/mol. The van der Waals surface area contributed by atoms with Crippen molar-refractivity contribution >= 4 is 15.9 Å². The predicted octanol–water partition coefficient (Wildman–Crippen LogP) is 5.11. The molecule has 100 valence electrons. The normalized spacial score (nSPS) is 14.1. The van der Waals surface area contributed by atoms with E-state index in [1.807, 2.05) is 12.1 Å². The average molecular weight is 321 g/mol. The van der Waals surface area contributed by atoms with Crippen molar-refractivity contribution in [1.29, 1.82) is 0 Å². The smallest absolute Gasteiger partial charge is 0.123 e. The van der Waals surface area contributed by atoms with Crippen LogP contribution < -0.4 is 0 Å². The molecule has 2 aromatic rings. The molecule has 0 saturated carbocycles. The highest BCUT2D eigenvalue weighted by Crippen LogP contribution is 2.34. The minimum absolute atomic E-state index is 0.0229. The van der Waals surface area contributed by atoms with Crippen LogP contribution >= 0.6 is 15.9 Å². The summed E-state index contributed by atoms with van der Waals surface area (Å²) in [5.41, 5.74) is 2.37. The number of hydrogen-bond donors (Lipinski definition) is 0. The van der Waals surface area contributed by atoms with Crippen molar-refractivity contribution in [2.75, 3.05) is 5.33 Å². The molecule has 2 rings (SSSR count). The molecule has 0 heterocycles. The van der Waals surface area contributed by atoms with Crippen molar-refractivity contribution in [3.05, 3.63) is 71.5 Å². The van der Waals surface area contributed by atoms with Gasteiger partial charge < -0.3 is 0 Å². The summed E-state index contributed by atoms with van der Waals surface area (Å²) in [6.45, 7) is 2.19. The highest BCUT2D eigenvalue weighted by Gasteiger charge is 2.29. The second-order valence-electron chi connectivity index (χ2n) is 4.94. The maximum absolute atomic E-state index is 13.3. The van der Waals surface area contributed by atoms with E-state index in [1.54, 1.807) is 12.1 Å². The van der Waals surface area contributed by atoms with Gasteiger partial charge >= 0.3 is 0 Å². The second-order valence-corrected chi connectivity index (χ2v) is 5.50. The molecule has 2 aromatic carbocycles. The summed E-state index contributed by atoms with van der Waals surface area (Å²) in [5, 5.41) is 0.872. The summed E-state index contributed by atoms with van der Waals surface area (Å²) in [6, 6.07) is 17.4. The lowest BCUT2D eigenvalue weighted by atomic mass is 9.75. The molecule has 0 fully saturated rings. The fourth-order valence-electron chi connectivity index (χ4n) is 2.48. The van der Waals surface area contributed by atoms with Crippen molar-refractivity contribution in [1.82, 2.24) is 0 Å². The number of benzene rings is 2. The lowest BCUT2D eigenvalue weighted by Crippen LogP contribution is -2.30. The molecule has 2 heteroatoms. The summed E-state index contributed by atoms with van der Waals surface area (Å²) in [4.78, 5) is 0. The van der Waals surface area contributed by atoms with Gasteiger partial charge in [-0.05, 0) is 36.1 Å². The zero-order chi connectivity index (χ0) is 13.7. The third kappa shape index (κ3) is 3.24. The van der Waals surface area contributed by atoms with Gasteiger partial charge in [-0.2, -0.15) is 0 Å². The molecule has 19 heavy (non-hydrogen) atoms. The van der Waals surface area contributed by atoms with Gasteiger partial charge in [0.2, 0.25) is 0 Å². The maximum atomic E-state index is 13.3. The lowest BCUT2D eigenvalue weighted by Gasteiger charge is -2.32. The molecule has 0 saturated heterocycles. The lowest BCUT2D eigenvalue weighted by molar-refractivity contribution is 0.463. The quantitative estimate of drug-likeness (QED) is 0.671. The number of rotatable bonds is 5. The van der Waals surface area contributed by atoms with Crippen molar-refractivity contribution in [3.8, 4) is 0 Å². The van der Waals surface area contributed by atoms with E-state index in [1.165, 1.54) is 11.6 Å². The molecular formula is C17H18BrF. The minimum Gasteiger partial charge on any atom is -0.207 e. The summed E-state index contributed by atoms with van der Waals surface area (Å²) in [7, 11) is 0. The van der Waals surface area contributed by atoms with Gasteiger partial charge in [0.25, 0.3) is 0 Å². The summed E-state index contributed by atoms with van der Waals surface area (Å²) in [5.74, 6) is -0.162. The molecule has 0 spiro atoms. The highest BCUT2D eigenvalue weighted by molar-refractivity contribution is 9.09. The van der Waals surface area contributed by atoms with Crippen LogP contribution in [0.2, 0.25) is 0 Å². The molecule has 0 N–H and O–H groups in total. The fraction of sp³-hybridized carbons (Fsp3) is 0.294. The maximum Gasteiger partial charge on any atom is 0.123 e. The number of halogens is 2. The minimum atomic E-state index is -0.162. The third-order valence-electron chi connectivity index (χ3n) is 3.75. The van der Waals surface area contributed by atoms with Crippen molar-refractivity contribution in [2.24, 2.45) is 0 Å². The van der Waals surface area contributed by atoms with Crippen LogP contribution in [0.15, 0.2) is 54.6 Å². The van der Waals surface area contributed by atoms with Gasteiger partial charge in [0.15, 0.2) is 0 Å². The van der Waals surface area contributed by atoms with Crippen LogP contribution in [0.3, 0.4) is 0 Å². The molecule has 0 aliphatic carbocycles. The van der Waals surface area contributed by atoms with Crippen LogP contribution in [0.1, 0.15) is 24.5 Å². The molecule has 0 amide bonds. The Morgan fingerprint density at radius 2 is 1.79 bits per heavy atom. The van der Waals surface area contributed by atoms with Gasteiger partial charge in [-0.15, -0.1) is 0 Å². The first kappa shape index (κ1) is 14.3. The van der Waals surface area contributed by atoms with E-state index in [0.29, 0.717) is 0 Å². The third-order valence-corrected chi connectivity index (χ3v) is 4.82. The van der Waals surface area contributed by atoms with Gasteiger partial charge in [0, 0.05) is 10.7 Å². The first-order valence-electron chi connectivity index (χ1n) is 6.56. The number of alkyl halides is 1. The first-order valence-corrected chi connectivity index (χ1v) is 7.68. The Morgan fingerprint density at radius 3 is 2.37 bits per heavy atom. The monoisotopic (exact) mass is 320 g/mol. The number of hydrogen-bond acceptors (Lipinski definition) is 0. The summed E-state index contributed by atoms with van der Waals surface area (Å²) in [6.07, 6.45) is 1.86. The van der Waals surface area contributed by atoms with Crippen molar-refractivity contribution in [2.45, 2.75) is 25.2 Å². The predicted molar refractivity (Wildman–Crippen MR) is 82.3 cm³/mol. The van der Waals surface area contributed by atoms with Crippen LogP contribution in [-0.4, -0.2) is 5.33 Å². The highest BCUT2D eigenvalue weighted by atomic mass is 79.9. The standard InChI is InChI=1S/C17H18BrF/c1-2-17(13-18,15-8-4-3-5-9-15)12-14-7-6-10-16(19)11-14/h3-11H,2,12-13H2,1H3. The molecule has 0 aliphatic heterocycles. The van der Waals surface area contributed by atoms with Crippen LogP contribution in [0.4, 0.5) is 4.39 Å². The molecule has 0 aliphatic rings. The van der Waals surface area contributed by atoms with E-state index >= 15 is 0 Å². The van der Waals surface area contributed by atoms with Gasteiger partial charge in [-0.25, -0.2) is 4.39 Å². The van der Waals surface area contributed by atoms with E-state index in [0.717, 1.165) is 23.7 Å². The molecule has 1 unspecified atom stereocenters. The van der Waals surface area contributed by atoms with Gasteiger partial charge in [-0.1, -0.05) is 65.3 Å². The Hall–Kier alpha value is -1.15. The Morgan fingerprint density at radius 1 is 1.05 bits per heavy atom. The van der Waals surface area contributed by atoms with Crippen molar-refractivity contribution < 1.29 is 4.39 Å². The van der Waals surface area contributed by atoms with E-state index in [2.05, 4.69) is 47.1 Å². The van der Waals surface area contributed by atoms with Gasteiger partial charge in [0.05, 0.1) is 0 Å². The summed E-state index contributed by atoms with van der Waals surface area (Å²) >= 11 is 3.65. The molecule has 0 bridgehead atoms.